The lowest BCUT2D eigenvalue weighted by atomic mass is 9.82. The quantitative estimate of drug-likeness (QED) is 0.656. The maximum absolute atomic E-state index is 5.91. The van der Waals surface area contributed by atoms with Crippen LogP contribution in [0.1, 0.15) is 12.8 Å². The molecule has 3 aliphatic rings. The monoisotopic (exact) mass is 182 g/mol. The van der Waals surface area contributed by atoms with Gasteiger partial charge in [-0.2, -0.15) is 0 Å². The summed E-state index contributed by atoms with van der Waals surface area (Å²) in [5.41, 5.74) is 5.57. The molecule has 2 bridgehead atoms. The van der Waals surface area contributed by atoms with Gasteiger partial charge in [0.15, 0.2) is 0 Å². The highest BCUT2D eigenvalue weighted by Crippen LogP contribution is 2.46. The highest BCUT2D eigenvalue weighted by atomic mass is 16.5. The number of fused-ring (bicyclic) bond motifs is 5. The lowest BCUT2D eigenvalue weighted by Crippen LogP contribution is -2.29. The molecule has 0 spiro atoms. The zero-order valence-electron chi connectivity index (χ0n) is 7.98. The third-order valence-corrected chi connectivity index (χ3v) is 3.97. The van der Waals surface area contributed by atoms with Crippen LogP contribution in [0.25, 0.3) is 0 Å². The van der Waals surface area contributed by atoms with E-state index in [-0.39, 0.29) is 0 Å². The van der Waals surface area contributed by atoms with Crippen molar-refractivity contribution in [2.24, 2.45) is 17.6 Å². The minimum absolute atomic E-state index is 0.595. The smallest absolute Gasteiger partial charge is 0.0624 e. The molecule has 0 aromatic carbocycles. The van der Waals surface area contributed by atoms with Crippen molar-refractivity contribution in [2.45, 2.75) is 25.0 Å². The summed E-state index contributed by atoms with van der Waals surface area (Å²) < 4.78 is 5.91. The maximum Gasteiger partial charge on any atom is 0.0624 e. The average molecular weight is 182 g/mol. The molecule has 3 heteroatoms. The Morgan fingerprint density at radius 2 is 1.77 bits per heavy atom. The minimum atomic E-state index is 0.595. The fraction of sp³-hybridized carbons (Fsp3) is 1.00. The van der Waals surface area contributed by atoms with Crippen LogP contribution in [0.15, 0.2) is 0 Å². The van der Waals surface area contributed by atoms with Crippen LogP contribution in [0.3, 0.4) is 0 Å². The molecule has 3 heterocycles. The van der Waals surface area contributed by atoms with Gasteiger partial charge in [0.2, 0.25) is 0 Å². The van der Waals surface area contributed by atoms with Crippen molar-refractivity contribution in [3.8, 4) is 0 Å². The maximum atomic E-state index is 5.91. The number of nitrogens with zero attached hydrogens (tertiary/aromatic N) is 1. The number of ether oxygens (including phenoxy) is 1. The summed E-state index contributed by atoms with van der Waals surface area (Å²) in [6.07, 6.45) is 3.81. The minimum Gasteiger partial charge on any atom is -0.374 e. The molecule has 74 valence electrons. The van der Waals surface area contributed by atoms with Gasteiger partial charge in [-0.05, 0) is 12.8 Å². The predicted molar refractivity (Wildman–Crippen MR) is 50.4 cm³/mol. The Kier molecular flexibility index (Phi) is 1.86. The van der Waals surface area contributed by atoms with Gasteiger partial charge in [-0.3, -0.25) is 0 Å². The van der Waals surface area contributed by atoms with E-state index < -0.39 is 0 Å². The molecule has 3 aliphatic heterocycles. The molecule has 3 fully saturated rings. The lowest BCUT2D eigenvalue weighted by molar-refractivity contribution is 0.0710. The molecule has 0 aromatic rings. The van der Waals surface area contributed by atoms with E-state index >= 15 is 0 Å². The van der Waals surface area contributed by atoms with Crippen LogP contribution in [0.4, 0.5) is 0 Å². The van der Waals surface area contributed by atoms with Crippen molar-refractivity contribution in [1.29, 1.82) is 0 Å². The molecule has 3 rings (SSSR count). The summed E-state index contributed by atoms with van der Waals surface area (Å²) in [7, 11) is 0. The Morgan fingerprint density at radius 1 is 1.15 bits per heavy atom. The van der Waals surface area contributed by atoms with Crippen LogP contribution >= 0.6 is 0 Å². The third kappa shape index (κ3) is 1.14. The van der Waals surface area contributed by atoms with Gasteiger partial charge in [0, 0.05) is 38.0 Å². The van der Waals surface area contributed by atoms with Crippen molar-refractivity contribution >= 4 is 0 Å². The first-order chi connectivity index (χ1) is 6.38. The van der Waals surface area contributed by atoms with Gasteiger partial charge in [-0.15, -0.1) is 0 Å². The van der Waals surface area contributed by atoms with E-state index in [0.29, 0.717) is 12.2 Å². The molecule has 0 aromatic heterocycles. The summed E-state index contributed by atoms with van der Waals surface area (Å²) in [6, 6.07) is 0. The topological polar surface area (TPSA) is 38.5 Å². The van der Waals surface area contributed by atoms with E-state index in [9.17, 15) is 0 Å². The fourth-order valence-electron chi connectivity index (χ4n) is 3.41. The second-order valence-electron chi connectivity index (χ2n) is 4.67. The molecule has 0 saturated carbocycles. The normalized spacial score (nSPS) is 48.7. The van der Waals surface area contributed by atoms with Gasteiger partial charge in [0.1, 0.15) is 0 Å². The number of hydrogen-bond acceptors (Lipinski definition) is 3. The van der Waals surface area contributed by atoms with E-state index in [0.717, 1.165) is 24.9 Å². The van der Waals surface area contributed by atoms with E-state index in [1.54, 1.807) is 0 Å². The van der Waals surface area contributed by atoms with Crippen molar-refractivity contribution < 1.29 is 4.74 Å². The summed E-state index contributed by atoms with van der Waals surface area (Å²) in [4.78, 5) is 2.52. The van der Waals surface area contributed by atoms with Gasteiger partial charge >= 0.3 is 0 Å². The molecule has 3 saturated heterocycles. The van der Waals surface area contributed by atoms with Crippen LogP contribution in [-0.4, -0.2) is 43.3 Å². The Hall–Kier alpha value is -0.120. The van der Waals surface area contributed by atoms with Crippen molar-refractivity contribution in [3.63, 3.8) is 0 Å². The average Bonchev–Trinajstić information content (AvgIpc) is 2.72. The van der Waals surface area contributed by atoms with E-state index in [1.807, 2.05) is 0 Å². The molecule has 0 radical (unpaired) electrons. The molecule has 0 amide bonds. The standard InChI is InChI=1S/C10H18N2O/c11-3-4-12-5-7-8(6-12)10-2-1-9(7)13-10/h7-10H,1-6,11H2/t7-,8-,9+,10+/m0/s1. The lowest BCUT2D eigenvalue weighted by Gasteiger charge is -2.18. The van der Waals surface area contributed by atoms with Crippen LogP contribution in [-0.2, 0) is 4.74 Å². The molecular weight excluding hydrogens is 164 g/mol. The highest BCUT2D eigenvalue weighted by molar-refractivity contribution is 5.02. The predicted octanol–water partition coefficient (Wildman–Crippen LogP) is 0.0543. The largest absolute Gasteiger partial charge is 0.374 e. The Bertz CT molecular complexity index is 191. The second-order valence-corrected chi connectivity index (χ2v) is 4.67. The first kappa shape index (κ1) is 8.21. The van der Waals surface area contributed by atoms with Gasteiger partial charge < -0.3 is 15.4 Å². The zero-order valence-corrected chi connectivity index (χ0v) is 7.98. The van der Waals surface area contributed by atoms with Crippen molar-refractivity contribution in [2.75, 3.05) is 26.2 Å². The molecule has 0 aliphatic carbocycles. The first-order valence-electron chi connectivity index (χ1n) is 5.46. The number of rotatable bonds is 2. The highest BCUT2D eigenvalue weighted by Gasteiger charge is 2.52. The molecular formula is C10H18N2O. The zero-order chi connectivity index (χ0) is 8.84. The van der Waals surface area contributed by atoms with Crippen molar-refractivity contribution in [3.05, 3.63) is 0 Å². The number of likely N-dealkylation sites (tertiary alicyclic amines) is 1. The summed E-state index contributed by atoms with van der Waals surface area (Å²) >= 11 is 0. The summed E-state index contributed by atoms with van der Waals surface area (Å²) in [6.45, 7) is 4.36. The van der Waals surface area contributed by atoms with Gasteiger partial charge in [0.05, 0.1) is 12.2 Å². The number of nitrogens with two attached hydrogens (primary N) is 1. The molecule has 3 nitrogen and oxygen atoms in total. The Morgan fingerprint density at radius 3 is 2.31 bits per heavy atom. The molecule has 0 unspecified atom stereocenters. The van der Waals surface area contributed by atoms with Gasteiger partial charge in [-0.1, -0.05) is 0 Å². The van der Waals surface area contributed by atoms with E-state index in [4.69, 9.17) is 10.5 Å². The molecule has 2 N–H and O–H groups in total. The molecule has 4 atom stereocenters. The van der Waals surface area contributed by atoms with E-state index in [2.05, 4.69) is 4.90 Å². The van der Waals surface area contributed by atoms with Crippen LogP contribution in [0.5, 0.6) is 0 Å². The summed E-state index contributed by atoms with van der Waals surface area (Å²) in [5, 5.41) is 0. The van der Waals surface area contributed by atoms with Crippen molar-refractivity contribution in [1.82, 2.24) is 4.90 Å². The van der Waals surface area contributed by atoms with Crippen LogP contribution in [0.2, 0.25) is 0 Å². The SMILES string of the molecule is NCCN1C[C@H]2[C@H](C1)[C@H]1CC[C@H]2O1. The molecule has 13 heavy (non-hydrogen) atoms. The van der Waals surface area contributed by atoms with Gasteiger partial charge in [0.25, 0.3) is 0 Å². The first-order valence-corrected chi connectivity index (χ1v) is 5.46. The summed E-state index contributed by atoms with van der Waals surface area (Å²) in [5.74, 6) is 1.68. The Balaban J connectivity index is 1.69. The van der Waals surface area contributed by atoms with Crippen LogP contribution < -0.4 is 5.73 Å². The third-order valence-electron chi connectivity index (χ3n) is 3.97. The Labute approximate surface area is 79.2 Å². The fourth-order valence-corrected chi connectivity index (χ4v) is 3.41. The van der Waals surface area contributed by atoms with E-state index in [1.165, 1.54) is 25.9 Å². The number of hydrogen-bond donors (Lipinski definition) is 1. The van der Waals surface area contributed by atoms with Gasteiger partial charge in [-0.25, -0.2) is 0 Å². The van der Waals surface area contributed by atoms with Crippen LogP contribution in [0, 0.1) is 11.8 Å². The second kappa shape index (κ2) is 2.94.